The summed E-state index contributed by atoms with van der Waals surface area (Å²) < 4.78 is 0.991. The molecule has 0 aliphatic carbocycles. The van der Waals surface area contributed by atoms with E-state index in [1.54, 1.807) is 18.0 Å². The van der Waals surface area contributed by atoms with Crippen LogP contribution in [-0.2, 0) is 6.54 Å². The first-order valence-corrected chi connectivity index (χ1v) is 7.38. The van der Waals surface area contributed by atoms with Gasteiger partial charge in [0.2, 0.25) is 0 Å². The molecule has 0 aliphatic heterocycles. The van der Waals surface area contributed by atoms with Gasteiger partial charge in [0.05, 0.1) is 11.3 Å². The maximum absolute atomic E-state index is 12.6. The van der Waals surface area contributed by atoms with E-state index in [0.29, 0.717) is 17.8 Å². The van der Waals surface area contributed by atoms with Crippen LogP contribution in [0.25, 0.3) is 0 Å². The number of nitrogen functional groups attached to an aromatic ring is 1. The first-order valence-electron chi connectivity index (χ1n) is 6.59. The van der Waals surface area contributed by atoms with Crippen LogP contribution in [0, 0.1) is 6.92 Å². The molecular formula is C16H18BrN3O. The first-order chi connectivity index (χ1) is 10.0. The summed E-state index contributed by atoms with van der Waals surface area (Å²) in [5.74, 6) is 5.44. The number of nitrogens with two attached hydrogens (primary N) is 1. The van der Waals surface area contributed by atoms with Crippen molar-refractivity contribution in [2.45, 2.75) is 13.5 Å². The standard InChI is InChI=1S/C16H18BrN3O/c1-11-7-8-13(15(9-11)19-18)16(21)20(2)10-12-5-3-4-6-14(12)17/h3-9,19H,10,18H2,1-2H3. The van der Waals surface area contributed by atoms with Gasteiger partial charge in [-0.15, -0.1) is 0 Å². The Bertz CT molecular complexity index is 658. The van der Waals surface area contributed by atoms with Crippen LogP contribution in [0.4, 0.5) is 5.69 Å². The topological polar surface area (TPSA) is 58.4 Å². The summed E-state index contributed by atoms with van der Waals surface area (Å²) in [6.45, 7) is 2.48. The molecule has 5 heteroatoms. The van der Waals surface area contributed by atoms with Gasteiger partial charge in [0, 0.05) is 18.1 Å². The Morgan fingerprint density at radius 2 is 2.00 bits per heavy atom. The fourth-order valence-corrected chi connectivity index (χ4v) is 2.53. The minimum atomic E-state index is -0.0706. The molecule has 0 heterocycles. The summed E-state index contributed by atoms with van der Waals surface area (Å²) in [7, 11) is 1.78. The van der Waals surface area contributed by atoms with E-state index in [9.17, 15) is 4.79 Å². The molecule has 0 saturated heterocycles. The molecule has 4 nitrogen and oxygen atoms in total. The summed E-state index contributed by atoms with van der Waals surface area (Å²) in [5.41, 5.74) is 5.90. The second-order valence-corrected chi connectivity index (χ2v) is 5.80. The Morgan fingerprint density at radius 1 is 1.29 bits per heavy atom. The Labute approximate surface area is 133 Å². The molecule has 0 bridgehead atoms. The summed E-state index contributed by atoms with van der Waals surface area (Å²) in [5, 5.41) is 0. The molecule has 21 heavy (non-hydrogen) atoms. The number of anilines is 1. The molecule has 3 N–H and O–H groups in total. The molecule has 2 rings (SSSR count). The third-order valence-electron chi connectivity index (χ3n) is 3.27. The lowest BCUT2D eigenvalue weighted by atomic mass is 10.1. The van der Waals surface area contributed by atoms with Crippen molar-refractivity contribution in [3.63, 3.8) is 0 Å². The Morgan fingerprint density at radius 3 is 2.67 bits per heavy atom. The predicted molar refractivity (Wildman–Crippen MR) is 88.9 cm³/mol. The van der Waals surface area contributed by atoms with Gasteiger partial charge in [-0.1, -0.05) is 40.2 Å². The highest BCUT2D eigenvalue weighted by molar-refractivity contribution is 9.10. The van der Waals surface area contributed by atoms with Gasteiger partial charge in [-0.05, 0) is 36.2 Å². The molecule has 0 radical (unpaired) electrons. The second kappa shape index (κ2) is 6.74. The number of nitrogens with zero attached hydrogens (tertiary/aromatic N) is 1. The molecule has 0 spiro atoms. The normalized spacial score (nSPS) is 10.3. The van der Waals surface area contributed by atoms with Crippen molar-refractivity contribution in [1.82, 2.24) is 4.90 Å². The third-order valence-corrected chi connectivity index (χ3v) is 4.05. The number of amides is 1. The molecule has 0 aliphatic rings. The Balaban J connectivity index is 2.22. The highest BCUT2D eigenvalue weighted by Crippen LogP contribution is 2.21. The molecule has 0 fully saturated rings. The van der Waals surface area contributed by atoms with Crippen LogP contribution >= 0.6 is 15.9 Å². The zero-order chi connectivity index (χ0) is 15.4. The molecule has 0 unspecified atom stereocenters. The monoisotopic (exact) mass is 347 g/mol. The molecule has 110 valence electrons. The fourth-order valence-electron chi connectivity index (χ4n) is 2.12. The predicted octanol–water partition coefficient (Wildman–Crippen LogP) is 3.32. The molecule has 1 amide bonds. The highest BCUT2D eigenvalue weighted by Gasteiger charge is 2.16. The van der Waals surface area contributed by atoms with E-state index in [-0.39, 0.29) is 5.91 Å². The van der Waals surface area contributed by atoms with E-state index < -0.39 is 0 Å². The number of rotatable bonds is 4. The molecule has 2 aromatic rings. The average Bonchev–Trinajstić information content (AvgIpc) is 2.48. The van der Waals surface area contributed by atoms with E-state index in [1.165, 1.54) is 0 Å². The summed E-state index contributed by atoms with van der Waals surface area (Å²) in [4.78, 5) is 14.2. The number of hydrogen-bond donors (Lipinski definition) is 2. The highest BCUT2D eigenvalue weighted by atomic mass is 79.9. The van der Waals surface area contributed by atoms with Crippen LogP contribution in [0.3, 0.4) is 0 Å². The zero-order valence-electron chi connectivity index (χ0n) is 12.1. The summed E-state index contributed by atoms with van der Waals surface area (Å²) in [6.07, 6.45) is 0. The van der Waals surface area contributed by atoms with Crippen LogP contribution in [0.15, 0.2) is 46.9 Å². The number of nitrogens with one attached hydrogen (secondary N) is 1. The number of carbonyl (C=O) groups excluding carboxylic acids is 1. The Hall–Kier alpha value is -1.85. The molecule has 0 aromatic heterocycles. The maximum atomic E-state index is 12.6. The van der Waals surface area contributed by atoms with Gasteiger partial charge in [-0.3, -0.25) is 10.6 Å². The van der Waals surface area contributed by atoms with Gasteiger partial charge in [0.25, 0.3) is 5.91 Å². The van der Waals surface area contributed by atoms with E-state index in [2.05, 4.69) is 21.4 Å². The lowest BCUT2D eigenvalue weighted by Crippen LogP contribution is -2.27. The number of benzene rings is 2. The number of halogens is 1. The van der Waals surface area contributed by atoms with Gasteiger partial charge in [0.15, 0.2) is 0 Å². The van der Waals surface area contributed by atoms with Crippen molar-refractivity contribution in [2.75, 3.05) is 12.5 Å². The van der Waals surface area contributed by atoms with Gasteiger partial charge in [-0.2, -0.15) is 0 Å². The number of carbonyl (C=O) groups is 1. The van der Waals surface area contributed by atoms with Crippen molar-refractivity contribution in [2.24, 2.45) is 5.84 Å². The van der Waals surface area contributed by atoms with E-state index >= 15 is 0 Å². The minimum absolute atomic E-state index is 0.0706. The van der Waals surface area contributed by atoms with Crippen LogP contribution in [0.2, 0.25) is 0 Å². The quantitative estimate of drug-likeness (QED) is 0.658. The molecule has 2 aromatic carbocycles. The third kappa shape index (κ3) is 3.62. The smallest absolute Gasteiger partial charge is 0.256 e. The van der Waals surface area contributed by atoms with Crippen molar-refractivity contribution < 1.29 is 4.79 Å². The van der Waals surface area contributed by atoms with Crippen molar-refractivity contribution >= 4 is 27.5 Å². The lowest BCUT2D eigenvalue weighted by molar-refractivity contribution is 0.0786. The summed E-state index contributed by atoms with van der Waals surface area (Å²) >= 11 is 3.50. The van der Waals surface area contributed by atoms with Gasteiger partial charge in [0.1, 0.15) is 0 Å². The largest absolute Gasteiger partial charge is 0.337 e. The van der Waals surface area contributed by atoms with Crippen molar-refractivity contribution in [3.8, 4) is 0 Å². The van der Waals surface area contributed by atoms with Crippen LogP contribution < -0.4 is 11.3 Å². The van der Waals surface area contributed by atoms with Crippen LogP contribution in [0.1, 0.15) is 21.5 Å². The van der Waals surface area contributed by atoms with Crippen molar-refractivity contribution in [1.29, 1.82) is 0 Å². The van der Waals surface area contributed by atoms with Crippen LogP contribution in [0.5, 0.6) is 0 Å². The zero-order valence-corrected chi connectivity index (χ0v) is 13.6. The lowest BCUT2D eigenvalue weighted by Gasteiger charge is -2.20. The molecular weight excluding hydrogens is 330 g/mol. The minimum Gasteiger partial charge on any atom is -0.337 e. The molecule has 0 saturated carbocycles. The maximum Gasteiger partial charge on any atom is 0.256 e. The van der Waals surface area contributed by atoms with Gasteiger partial charge in [-0.25, -0.2) is 0 Å². The van der Waals surface area contributed by atoms with Gasteiger partial charge < -0.3 is 10.3 Å². The Kier molecular flexibility index (Phi) is 4.98. The number of hydrogen-bond acceptors (Lipinski definition) is 3. The van der Waals surface area contributed by atoms with E-state index in [4.69, 9.17) is 5.84 Å². The number of hydrazine groups is 1. The first kappa shape index (κ1) is 15.5. The SMILES string of the molecule is Cc1ccc(C(=O)N(C)Cc2ccccc2Br)c(NN)c1. The van der Waals surface area contributed by atoms with E-state index in [1.807, 2.05) is 43.3 Å². The average molecular weight is 348 g/mol. The second-order valence-electron chi connectivity index (χ2n) is 4.95. The van der Waals surface area contributed by atoms with Gasteiger partial charge >= 0.3 is 0 Å². The van der Waals surface area contributed by atoms with E-state index in [0.717, 1.165) is 15.6 Å². The number of aryl methyl sites for hydroxylation is 1. The van der Waals surface area contributed by atoms with Crippen LogP contribution in [-0.4, -0.2) is 17.9 Å². The van der Waals surface area contributed by atoms with Crippen molar-refractivity contribution in [3.05, 3.63) is 63.6 Å². The molecule has 0 atom stereocenters. The fraction of sp³-hybridized carbons (Fsp3) is 0.188. The summed E-state index contributed by atoms with van der Waals surface area (Å²) in [6, 6.07) is 13.4.